The van der Waals surface area contributed by atoms with Crippen molar-refractivity contribution in [3.63, 3.8) is 0 Å². The first-order valence-electron chi connectivity index (χ1n) is 10.1. The molecule has 1 aliphatic heterocycles. The minimum Gasteiger partial charge on any atom is -0.493 e. The molecule has 1 saturated heterocycles. The zero-order chi connectivity index (χ0) is 24.2. The van der Waals surface area contributed by atoms with E-state index < -0.39 is 5.82 Å². The largest absolute Gasteiger partial charge is 0.493 e. The number of hydrogen-bond donors (Lipinski definition) is 0. The predicted octanol–water partition coefficient (Wildman–Crippen LogP) is 6.96. The molecule has 5 nitrogen and oxygen atoms in total. The van der Waals surface area contributed by atoms with Gasteiger partial charge in [0, 0.05) is 10.6 Å². The van der Waals surface area contributed by atoms with Crippen molar-refractivity contribution in [2.24, 2.45) is 0 Å². The summed E-state index contributed by atoms with van der Waals surface area (Å²) < 4.78 is 25.1. The summed E-state index contributed by atoms with van der Waals surface area (Å²) in [5.41, 5.74) is 1.68. The van der Waals surface area contributed by atoms with Gasteiger partial charge in [-0.05, 0) is 65.4 Å². The number of hydrogen-bond acceptors (Lipinski definition) is 5. The number of methoxy groups -OCH3 is 1. The SMILES string of the molecule is COc1cc(/C=C2\SC(=O)N(Cc3ccc(Cl)cc3)C2=O)ccc1OCc1c(F)cccc1Cl. The van der Waals surface area contributed by atoms with E-state index in [1.165, 1.54) is 24.1 Å². The zero-order valence-electron chi connectivity index (χ0n) is 17.9. The van der Waals surface area contributed by atoms with E-state index in [-0.39, 0.29) is 34.9 Å². The Bertz CT molecular complexity index is 1260. The van der Waals surface area contributed by atoms with Gasteiger partial charge < -0.3 is 9.47 Å². The lowest BCUT2D eigenvalue weighted by Crippen LogP contribution is -2.27. The molecule has 4 rings (SSSR count). The highest BCUT2D eigenvalue weighted by Gasteiger charge is 2.35. The summed E-state index contributed by atoms with van der Waals surface area (Å²) in [6.45, 7) is 0.0820. The summed E-state index contributed by atoms with van der Waals surface area (Å²) in [7, 11) is 1.47. The minimum atomic E-state index is -0.461. The van der Waals surface area contributed by atoms with Gasteiger partial charge in [0.1, 0.15) is 12.4 Å². The number of ether oxygens (including phenoxy) is 2. The van der Waals surface area contributed by atoms with Crippen LogP contribution in [0.2, 0.25) is 10.0 Å². The van der Waals surface area contributed by atoms with Crippen molar-refractivity contribution < 1.29 is 23.5 Å². The average Bonchev–Trinajstić information content (AvgIpc) is 3.08. The molecule has 1 aliphatic rings. The molecular weight excluding hydrogens is 500 g/mol. The third-order valence-corrected chi connectivity index (χ3v) is 6.56. The highest BCUT2D eigenvalue weighted by atomic mass is 35.5. The van der Waals surface area contributed by atoms with Crippen LogP contribution in [-0.4, -0.2) is 23.2 Å². The van der Waals surface area contributed by atoms with Gasteiger partial charge in [-0.2, -0.15) is 0 Å². The van der Waals surface area contributed by atoms with E-state index in [9.17, 15) is 14.0 Å². The standard InChI is InChI=1S/C25H18Cl2FNO4S/c1-32-22-11-16(7-10-21(22)33-14-18-19(27)3-2-4-20(18)28)12-23-24(30)29(25(31)34-23)13-15-5-8-17(26)9-6-15/h2-12H,13-14H2,1H3/b23-12-. The van der Waals surface area contributed by atoms with Crippen molar-refractivity contribution in [2.45, 2.75) is 13.2 Å². The van der Waals surface area contributed by atoms with E-state index >= 15 is 0 Å². The van der Waals surface area contributed by atoms with E-state index in [0.29, 0.717) is 27.0 Å². The van der Waals surface area contributed by atoms with Crippen molar-refractivity contribution in [1.29, 1.82) is 0 Å². The van der Waals surface area contributed by atoms with Crippen molar-refractivity contribution in [2.75, 3.05) is 7.11 Å². The first kappa shape index (κ1) is 24.1. The lowest BCUT2D eigenvalue weighted by molar-refractivity contribution is -0.123. The fourth-order valence-corrected chi connectivity index (χ4v) is 4.46. The first-order chi connectivity index (χ1) is 16.4. The quantitative estimate of drug-likeness (QED) is 0.317. The van der Waals surface area contributed by atoms with E-state index in [1.807, 2.05) is 0 Å². The molecule has 0 N–H and O–H groups in total. The molecule has 0 aromatic heterocycles. The molecule has 1 heterocycles. The average molecular weight is 518 g/mol. The molecule has 0 aliphatic carbocycles. The second-order valence-corrected chi connectivity index (χ2v) is 9.13. The van der Waals surface area contributed by atoms with Crippen LogP contribution in [0.4, 0.5) is 9.18 Å². The number of thioether (sulfide) groups is 1. The highest BCUT2D eigenvalue weighted by Crippen LogP contribution is 2.36. The molecule has 3 aromatic rings. The molecule has 0 radical (unpaired) electrons. The molecule has 174 valence electrons. The van der Waals surface area contributed by atoms with Crippen molar-refractivity contribution in [3.05, 3.63) is 98.1 Å². The van der Waals surface area contributed by atoms with Gasteiger partial charge in [-0.15, -0.1) is 0 Å². The van der Waals surface area contributed by atoms with Crippen LogP contribution >= 0.6 is 35.0 Å². The normalized spacial score (nSPS) is 14.7. The Morgan fingerprint density at radius 1 is 1.03 bits per heavy atom. The highest BCUT2D eigenvalue weighted by molar-refractivity contribution is 8.18. The van der Waals surface area contributed by atoms with E-state index in [1.54, 1.807) is 54.6 Å². The van der Waals surface area contributed by atoms with Crippen LogP contribution in [0, 0.1) is 5.82 Å². The van der Waals surface area contributed by atoms with Crippen molar-refractivity contribution in [3.8, 4) is 11.5 Å². The number of amides is 2. The number of halogens is 3. The van der Waals surface area contributed by atoms with Crippen LogP contribution in [-0.2, 0) is 17.9 Å². The Morgan fingerprint density at radius 3 is 2.50 bits per heavy atom. The maximum absolute atomic E-state index is 14.0. The summed E-state index contributed by atoms with van der Waals surface area (Å²) in [6, 6.07) is 16.4. The molecule has 0 atom stereocenters. The fraction of sp³-hybridized carbons (Fsp3) is 0.120. The molecular formula is C25H18Cl2FNO4S. The van der Waals surface area contributed by atoms with Crippen LogP contribution in [0.25, 0.3) is 6.08 Å². The Labute approximate surface area is 210 Å². The Kier molecular flexibility index (Phi) is 7.46. The van der Waals surface area contributed by atoms with Gasteiger partial charge in [-0.25, -0.2) is 4.39 Å². The van der Waals surface area contributed by atoms with Gasteiger partial charge in [0.05, 0.1) is 23.6 Å². The van der Waals surface area contributed by atoms with Gasteiger partial charge >= 0.3 is 0 Å². The van der Waals surface area contributed by atoms with Crippen molar-refractivity contribution in [1.82, 2.24) is 4.90 Å². The monoisotopic (exact) mass is 517 g/mol. The van der Waals surface area contributed by atoms with Crippen LogP contribution in [0.3, 0.4) is 0 Å². The second kappa shape index (κ2) is 10.5. The van der Waals surface area contributed by atoms with Gasteiger partial charge in [-0.1, -0.05) is 47.5 Å². The molecule has 0 spiro atoms. The van der Waals surface area contributed by atoms with Crippen LogP contribution < -0.4 is 9.47 Å². The third kappa shape index (κ3) is 5.38. The minimum absolute atomic E-state index is 0.0786. The number of rotatable bonds is 7. The lowest BCUT2D eigenvalue weighted by Gasteiger charge is -2.13. The zero-order valence-corrected chi connectivity index (χ0v) is 20.2. The van der Waals surface area contributed by atoms with Gasteiger partial charge in [-0.3, -0.25) is 14.5 Å². The summed E-state index contributed by atoms with van der Waals surface area (Å²) >= 11 is 12.8. The second-order valence-electron chi connectivity index (χ2n) is 7.29. The predicted molar refractivity (Wildman–Crippen MR) is 132 cm³/mol. The first-order valence-corrected chi connectivity index (χ1v) is 11.7. The molecule has 9 heteroatoms. The van der Waals surface area contributed by atoms with Crippen molar-refractivity contribution >= 4 is 52.2 Å². The maximum Gasteiger partial charge on any atom is 0.293 e. The molecule has 2 amide bonds. The maximum atomic E-state index is 14.0. The third-order valence-electron chi connectivity index (χ3n) is 5.05. The summed E-state index contributed by atoms with van der Waals surface area (Å²) in [6.07, 6.45) is 1.62. The smallest absolute Gasteiger partial charge is 0.293 e. The number of nitrogens with zero attached hydrogens (tertiary/aromatic N) is 1. The summed E-state index contributed by atoms with van der Waals surface area (Å²) in [4.78, 5) is 26.7. The fourth-order valence-electron chi connectivity index (χ4n) is 3.27. The summed E-state index contributed by atoms with van der Waals surface area (Å²) in [5, 5.41) is 0.501. The number of benzene rings is 3. The van der Waals surface area contributed by atoms with Crippen LogP contribution in [0.1, 0.15) is 16.7 Å². The molecule has 1 fully saturated rings. The van der Waals surface area contributed by atoms with Crippen LogP contribution in [0.5, 0.6) is 11.5 Å². The van der Waals surface area contributed by atoms with Gasteiger partial charge in [0.2, 0.25) is 0 Å². The van der Waals surface area contributed by atoms with E-state index in [2.05, 4.69) is 0 Å². The van der Waals surface area contributed by atoms with Crippen LogP contribution in [0.15, 0.2) is 65.6 Å². The topological polar surface area (TPSA) is 55.8 Å². The Morgan fingerprint density at radius 2 is 1.79 bits per heavy atom. The van der Waals surface area contributed by atoms with E-state index in [0.717, 1.165) is 17.3 Å². The molecule has 3 aromatic carbocycles. The molecule has 0 saturated carbocycles. The lowest BCUT2D eigenvalue weighted by atomic mass is 10.1. The Balaban J connectivity index is 1.50. The number of carbonyl (C=O) groups excluding carboxylic acids is 2. The molecule has 34 heavy (non-hydrogen) atoms. The Hall–Kier alpha value is -3.00. The number of carbonyl (C=O) groups is 2. The summed E-state index contributed by atoms with van der Waals surface area (Å²) in [5.74, 6) is -0.0627. The number of imide groups is 1. The molecule has 0 unspecified atom stereocenters. The van der Waals surface area contributed by atoms with Gasteiger partial charge in [0.25, 0.3) is 11.1 Å². The molecule has 0 bridgehead atoms. The van der Waals surface area contributed by atoms with Gasteiger partial charge in [0.15, 0.2) is 11.5 Å². The van der Waals surface area contributed by atoms with E-state index in [4.69, 9.17) is 32.7 Å².